The Labute approximate surface area is 119 Å². The van der Waals surface area contributed by atoms with E-state index in [9.17, 15) is 0 Å². The van der Waals surface area contributed by atoms with E-state index < -0.39 is 0 Å². The summed E-state index contributed by atoms with van der Waals surface area (Å²) in [6.45, 7) is 6.72. The largest absolute Gasteiger partial charge is 0.355 e. The lowest BCUT2D eigenvalue weighted by Gasteiger charge is -2.39. The maximum absolute atomic E-state index is 6.28. The highest BCUT2D eigenvalue weighted by atomic mass is 35.5. The second kappa shape index (κ2) is 5.66. The first kappa shape index (κ1) is 14.0. The maximum Gasteiger partial charge on any atom is 0.147 e. The minimum absolute atomic E-state index is 0.459. The zero-order chi connectivity index (χ0) is 13.2. The van der Waals surface area contributed by atoms with Crippen LogP contribution in [0.5, 0.6) is 0 Å². The molecule has 1 aliphatic rings. The quantitative estimate of drug-likeness (QED) is 0.761. The number of nitrogens with zero attached hydrogens (tertiary/aromatic N) is 2. The molecule has 0 unspecified atom stereocenters. The van der Waals surface area contributed by atoms with Gasteiger partial charge in [0.2, 0.25) is 0 Å². The summed E-state index contributed by atoms with van der Waals surface area (Å²) >= 11 is 12.1. The molecule has 2 heterocycles. The van der Waals surface area contributed by atoms with E-state index >= 15 is 0 Å². The maximum atomic E-state index is 6.28. The van der Waals surface area contributed by atoms with Crippen LogP contribution in [0, 0.1) is 5.41 Å². The first-order chi connectivity index (χ1) is 8.58. The van der Waals surface area contributed by atoms with E-state index in [0.717, 1.165) is 24.5 Å². The molecule has 0 radical (unpaired) electrons. The number of aromatic nitrogens is 1. The summed E-state index contributed by atoms with van der Waals surface area (Å²) in [4.78, 5) is 6.75. The predicted molar refractivity (Wildman–Crippen MR) is 78.6 cm³/mol. The molecule has 1 aromatic rings. The van der Waals surface area contributed by atoms with Crippen LogP contribution in [-0.4, -0.2) is 18.1 Å². The number of anilines is 1. The molecule has 1 aliphatic heterocycles. The second-order valence-corrected chi connectivity index (χ2v) is 6.11. The zero-order valence-electron chi connectivity index (χ0n) is 11.0. The van der Waals surface area contributed by atoms with Crippen molar-refractivity contribution >= 4 is 29.0 Å². The molecular weight excluding hydrogens is 267 g/mol. The van der Waals surface area contributed by atoms with Crippen molar-refractivity contribution in [1.82, 2.24) is 4.98 Å². The molecule has 18 heavy (non-hydrogen) atoms. The average molecular weight is 287 g/mol. The van der Waals surface area contributed by atoms with Crippen LogP contribution >= 0.6 is 23.2 Å². The fourth-order valence-electron chi connectivity index (χ4n) is 2.39. The van der Waals surface area contributed by atoms with Crippen LogP contribution in [0.25, 0.3) is 0 Å². The van der Waals surface area contributed by atoms with E-state index in [1.165, 1.54) is 19.3 Å². The topological polar surface area (TPSA) is 16.1 Å². The van der Waals surface area contributed by atoms with Crippen LogP contribution in [0.15, 0.2) is 12.3 Å². The summed E-state index contributed by atoms with van der Waals surface area (Å²) in [5.74, 6) is 1.37. The fourth-order valence-corrected chi connectivity index (χ4v) is 2.84. The third-order valence-electron chi connectivity index (χ3n) is 4.16. The summed E-state index contributed by atoms with van der Waals surface area (Å²) in [5.41, 5.74) is 1.46. The van der Waals surface area contributed by atoms with Crippen molar-refractivity contribution in [2.75, 3.05) is 18.0 Å². The lowest BCUT2D eigenvalue weighted by molar-refractivity contribution is 0.238. The first-order valence-corrected chi connectivity index (χ1v) is 7.44. The lowest BCUT2D eigenvalue weighted by atomic mass is 9.78. The number of halogens is 2. The Morgan fingerprint density at radius 3 is 2.56 bits per heavy atom. The summed E-state index contributed by atoms with van der Waals surface area (Å²) in [7, 11) is 0. The van der Waals surface area contributed by atoms with Gasteiger partial charge in [-0.1, -0.05) is 31.9 Å². The molecule has 2 rings (SSSR count). The average Bonchev–Trinajstić information content (AvgIpc) is 2.40. The number of hydrogen-bond acceptors (Lipinski definition) is 2. The SMILES string of the molecule is CCC1(C)CCN(c2ncc(CCl)cc2Cl)CC1. The third kappa shape index (κ3) is 2.92. The van der Waals surface area contributed by atoms with Gasteiger partial charge in [0, 0.05) is 25.2 Å². The molecule has 1 saturated heterocycles. The van der Waals surface area contributed by atoms with E-state index in [2.05, 4.69) is 23.7 Å². The van der Waals surface area contributed by atoms with Gasteiger partial charge in [0.1, 0.15) is 5.82 Å². The van der Waals surface area contributed by atoms with Crippen LogP contribution in [0.3, 0.4) is 0 Å². The Morgan fingerprint density at radius 2 is 2.06 bits per heavy atom. The van der Waals surface area contributed by atoms with E-state index in [1.54, 1.807) is 0 Å². The lowest BCUT2D eigenvalue weighted by Crippen LogP contribution is -2.39. The van der Waals surface area contributed by atoms with Crippen molar-refractivity contribution < 1.29 is 0 Å². The van der Waals surface area contributed by atoms with Crippen LogP contribution in [0.1, 0.15) is 38.7 Å². The molecule has 0 aliphatic carbocycles. The van der Waals surface area contributed by atoms with Gasteiger partial charge >= 0.3 is 0 Å². The minimum Gasteiger partial charge on any atom is -0.355 e. The van der Waals surface area contributed by atoms with Crippen molar-refractivity contribution in [3.8, 4) is 0 Å². The van der Waals surface area contributed by atoms with E-state index in [-0.39, 0.29) is 0 Å². The van der Waals surface area contributed by atoms with Crippen molar-refractivity contribution in [3.05, 3.63) is 22.8 Å². The number of hydrogen-bond donors (Lipinski definition) is 0. The summed E-state index contributed by atoms with van der Waals surface area (Å²) < 4.78 is 0. The molecule has 0 saturated carbocycles. The minimum atomic E-state index is 0.459. The molecule has 0 atom stereocenters. The van der Waals surface area contributed by atoms with Gasteiger partial charge in [-0.15, -0.1) is 11.6 Å². The van der Waals surface area contributed by atoms with E-state index in [0.29, 0.717) is 16.3 Å². The molecule has 100 valence electrons. The zero-order valence-corrected chi connectivity index (χ0v) is 12.6. The number of rotatable bonds is 3. The molecule has 0 amide bonds. The Kier molecular flexibility index (Phi) is 4.39. The molecule has 4 heteroatoms. The highest BCUT2D eigenvalue weighted by molar-refractivity contribution is 6.33. The van der Waals surface area contributed by atoms with Crippen LogP contribution in [0.4, 0.5) is 5.82 Å². The van der Waals surface area contributed by atoms with Gasteiger partial charge in [-0.2, -0.15) is 0 Å². The monoisotopic (exact) mass is 286 g/mol. The Balaban J connectivity index is 2.10. The Hall–Kier alpha value is -0.470. The van der Waals surface area contributed by atoms with Crippen LogP contribution in [-0.2, 0) is 5.88 Å². The molecular formula is C14H20Cl2N2. The summed E-state index contributed by atoms with van der Waals surface area (Å²) in [5, 5.41) is 0.716. The molecule has 0 bridgehead atoms. The number of pyridine rings is 1. The molecule has 1 fully saturated rings. The van der Waals surface area contributed by atoms with Crippen molar-refractivity contribution in [3.63, 3.8) is 0 Å². The van der Waals surface area contributed by atoms with E-state index in [4.69, 9.17) is 23.2 Å². The third-order valence-corrected chi connectivity index (χ3v) is 4.74. The molecule has 0 N–H and O–H groups in total. The summed E-state index contributed by atoms with van der Waals surface area (Å²) in [6, 6.07) is 1.92. The molecule has 1 aromatic heterocycles. The smallest absolute Gasteiger partial charge is 0.147 e. The van der Waals surface area contributed by atoms with E-state index in [1.807, 2.05) is 12.3 Å². The molecule has 2 nitrogen and oxygen atoms in total. The number of piperidine rings is 1. The van der Waals surface area contributed by atoms with Crippen molar-refractivity contribution in [1.29, 1.82) is 0 Å². The highest BCUT2D eigenvalue weighted by Crippen LogP contribution is 2.36. The molecule has 0 spiro atoms. The van der Waals surface area contributed by atoms with Gasteiger partial charge in [-0.25, -0.2) is 4.98 Å². The van der Waals surface area contributed by atoms with Gasteiger partial charge in [-0.05, 0) is 29.9 Å². The molecule has 0 aromatic carbocycles. The van der Waals surface area contributed by atoms with Gasteiger partial charge < -0.3 is 4.90 Å². The normalized spacial score (nSPS) is 19.0. The Morgan fingerprint density at radius 1 is 1.39 bits per heavy atom. The Bertz CT molecular complexity index is 412. The highest BCUT2D eigenvalue weighted by Gasteiger charge is 2.29. The van der Waals surface area contributed by atoms with Gasteiger partial charge in [0.15, 0.2) is 0 Å². The van der Waals surface area contributed by atoms with Crippen LogP contribution in [0.2, 0.25) is 5.02 Å². The number of alkyl halides is 1. The predicted octanol–water partition coefficient (Wildman–Crippen LogP) is 4.49. The first-order valence-electron chi connectivity index (χ1n) is 6.53. The van der Waals surface area contributed by atoms with Gasteiger partial charge in [0.25, 0.3) is 0 Å². The standard InChI is InChI=1S/C14H20Cl2N2/c1-3-14(2)4-6-18(7-5-14)13-12(16)8-11(9-15)10-17-13/h8,10H,3-7,9H2,1-2H3. The van der Waals surface area contributed by atoms with Gasteiger partial charge in [0.05, 0.1) is 5.02 Å². The van der Waals surface area contributed by atoms with Crippen molar-refractivity contribution in [2.24, 2.45) is 5.41 Å². The van der Waals surface area contributed by atoms with Crippen molar-refractivity contribution in [2.45, 2.75) is 39.0 Å². The fraction of sp³-hybridized carbons (Fsp3) is 0.643. The van der Waals surface area contributed by atoms with Gasteiger partial charge in [-0.3, -0.25) is 0 Å². The van der Waals surface area contributed by atoms with Crippen LogP contribution < -0.4 is 4.90 Å². The second-order valence-electron chi connectivity index (χ2n) is 5.43. The summed E-state index contributed by atoms with van der Waals surface area (Å²) in [6.07, 6.45) is 5.48.